The molecule has 0 bridgehead atoms. The lowest BCUT2D eigenvalue weighted by molar-refractivity contribution is 0.313. The van der Waals surface area contributed by atoms with Crippen LogP contribution in [0.25, 0.3) is 0 Å². The number of benzene rings is 1. The van der Waals surface area contributed by atoms with Gasteiger partial charge in [0.05, 0.1) is 17.7 Å². The normalized spacial score (nSPS) is 11.9. The molecule has 0 saturated carbocycles. The number of hydrogen-bond donors (Lipinski definition) is 1. The first-order chi connectivity index (χ1) is 8.13. The van der Waals surface area contributed by atoms with Gasteiger partial charge in [0.1, 0.15) is 5.75 Å². The SMILES string of the molecule is CC(N)Cc1ccc(OCCCC#N)c(Cl)c1. The minimum Gasteiger partial charge on any atom is -0.492 e. The summed E-state index contributed by atoms with van der Waals surface area (Å²) in [6.45, 7) is 2.47. The molecule has 1 aromatic carbocycles. The van der Waals surface area contributed by atoms with Gasteiger partial charge in [-0.1, -0.05) is 17.7 Å². The number of rotatable bonds is 6. The van der Waals surface area contributed by atoms with Crippen molar-refractivity contribution in [3.05, 3.63) is 28.8 Å². The standard InChI is InChI=1S/C13H17ClN2O/c1-10(16)8-11-4-5-13(12(14)9-11)17-7-3-2-6-15/h4-5,9-10H,2-3,7-8,16H2,1H3. The second-order valence-electron chi connectivity index (χ2n) is 4.06. The van der Waals surface area contributed by atoms with Crippen molar-refractivity contribution in [2.24, 2.45) is 5.73 Å². The summed E-state index contributed by atoms with van der Waals surface area (Å²) in [5.41, 5.74) is 6.83. The molecule has 1 atom stereocenters. The van der Waals surface area contributed by atoms with Gasteiger partial charge in [0.25, 0.3) is 0 Å². The Labute approximate surface area is 107 Å². The van der Waals surface area contributed by atoms with E-state index in [-0.39, 0.29) is 6.04 Å². The molecule has 3 nitrogen and oxygen atoms in total. The Hall–Kier alpha value is -1.24. The Morgan fingerprint density at radius 3 is 2.88 bits per heavy atom. The van der Waals surface area contributed by atoms with Crippen LogP contribution in [0.4, 0.5) is 0 Å². The molecule has 0 aliphatic heterocycles. The Morgan fingerprint density at radius 2 is 2.29 bits per heavy atom. The van der Waals surface area contributed by atoms with Gasteiger partial charge in [-0.2, -0.15) is 5.26 Å². The summed E-state index contributed by atoms with van der Waals surface area (Å²) in [6.07, 6.45) is 2.02. The van der Waals surface area contributed by atoms with Crippen molar-refractivity contribution in [2.75, 3.05) is 6.61 Å². The Kier molecular flexibility index (Phi) is 5.82. The van der Waals surface area contributed by atoms with Gasteiger partial charge in [-0.3, -0.25) is 0 Å². The van der Waals surface area contributed by atoms with Gasteiger partial charge in [0, 0.05) is 12.5 Å². The maximum atomic E-state index is 8.39. The quantitative estimate of drug-likeness (QED) is 0.792. The number of nitriles is 1. The minimum atomic E-state index is 0.119. The summed E-state index contributed by atoms with van der Waals surface area (Å²) in [5.74, 6) is 0.665. The highest BCUT2D eigenvalue weighted by atomic mass is 35.5. The van der Waals surface area contributed by atoms with Gasteiger partial charge < -0.3 is 10.5 Å². The fraction of sp³-hybridized carbons (Fsp3) is 0.462. The van der Waals surface area contributed by atoms with Gasteiger partial charge in [-0.25, -0.2) is 0 Å². The molecule has 1 aromatic rings. The van der Waals surface area contributed by atoms with Crippen molar-refractivity contribution in [2.45, 2.75) is 32.2 Å². The molecule has 0 saturated heterocycles. The molecule has 0 aliphatic rings. The zero-order chi connectivity index (χ0) is 12.7. The molecule has 0 aliphatic carbocycles. The van der Waals surface area contributed by atoms with E-state index in [1.54, 1.807) is 0 Å². The van der Waals surface area contributed by atoms with E-state index in [0.29, 0.717) is 30.2 Å². The van der Waals surface area contributed by atoms with Crippen molar-refractivity contribution in [3.8, 4) is 11.8 Å². The van der Waals surface area contributed by atoms with E-state index >= 15 is 0 Å². The largest absolute Gasteiger partial charge is 0.492 e. The maximum Gasteiger partial charge on any atom is 0.137 e. The Morgan fingerprint density at radius 1 is 1.53 bits per heavy atom. The molecule has 1 unspecified atom stereocenters. The molecule has 0 aromatic heterocycles. The van der Waals surface area contributed by atoms with E-state index in [9.17, 15) is 0 Å². The number of nitrogens with two attached hydrogens (primary N) is 1. The van der Waals surface area contributed by atoms with Crippen LogP contribution >= 0.6 is 11.6 Å². The molecule has 0 spiro atoms. The lowest BCUT2D eigenvalue weighted by atomic mass is 10.1. The summed E-state index contributed by atoms with van der Waals surface area (Å²) < 4.78 is 5.48. The average Bonchev–Trinajstić information content (AvgIpc) is 2.26. The summed E-state index contributed by atoms with van der Waals surface area (Å²) in [5, 5.41) is 8.99. The number of halogens is 1. The molecule has 0 fully saturated rings. The monoisotopic (exact) mass is 252 g/mol. The third kappa shape index (κ3) is 5.08. The van der Waals surface area contributed by atoms with Gasteiger partial charge >= 0.3 is 0 Å². The van der Waals surface area contributed by atoms with E-state index in [4.69, 9.17) is 27.3 Å². The lowest BCUT2D eigenvalue weighted by Gasteiger charge is -2.10. The molecule has 0 amide bonds. The second kappa shape index (κ2) is 7.16. The van der Waals surface area contributed by atoms with Crippen molar-refractivity contribution >= 4 is 11.6 Å². The number of ether oxygens (including phenoxy) is 1. The van der Waals surface area contributed by atoms with E-state index in [2.05, 4.69) is 6.07 Å². The van der Waals surface area contributed by atoms with Crippen LogP contribution in [0.2, 0.25) is 5.02 Å². The van der Waals surface area contributed by atoms with Gasteiger partial charge in [0.2, 0.25) is 0 Å². The molecule has 17 heavy (non-hydrogen) atoms. The summed E-state index contributed by atoms with van der Waals surface area (Å²) in [4.78, 5) is 0. The van der Waals surface area contributed by atoms with Gasteiger partial charge in [-0.15, -0.1) is 0 Å². The van der Waals surface area contributed by atoms with Crippen molar-refractivity contribution in [1.82, 2.24) is 0 Å². The van der Waals surface area contributed by atoms with Crippen molar-refractivity contribution < 1.29 is 4.74 Å². The maximum absolute atomic E-state index is 8.39. The van der Waals surface area contributed by atoms with Gasteiger partial charge in [0.15, 0.2) is 0 Å². The van der Waals surface area contributed by atoms with Crippen LogP contribution in [-0.4, -0.2) is 12.6 Å². The lowest BCUT2D eigenvalue weighted by Crippen LogP contribution is -2.17. The molecular weight excluding hydrogens is 236 g/mol. The van der Waals surface area contributed by atoms with Crippen molar-refractivity contribution in [3.63, 3.8) is 0 Å². The smallest absolute Gasteiger partial charge is 0.137 e. The number of unbranched alkanes of at least 4 members (excludes halogenated alkanes) is 1. The predicted octanol–water partition coefficient (Wildman–Crippen LogP) is 2.91. The topological polar surface area (TPSA) is 59.0 Å². The highest BCUT2D eigenvalue weighted by Gasteiger charge is 2.04. The van der Waals surface area contributed by atoms with Crippen LogP contribution in [0.15, 0.2) is 18.2 Å². The van der Waals surface area contributed by atoms with Crippen LogP contribution in [-0.2, 0) is 6.42 Å². The van der Waals surface area contributed by atoms with Crippen LogP contribution in [0.5, 0.6) is 5.75 Å². The molecular formula is C13H17ClN2O. The summed E-state index contributed by atoms with van der Waals surface area (Å²) in [7, 11) is 0. The highest BCUT2D eigenvalue weighted by Crippen LogP contribution is 2.26. The molecule has 0 heterocycles. The van der Waals surface area contributed by atoms with Gasteiger partial charge in [-0.05, 0) is 37.5 Å². The van der Waals surface area contributed by atoms with E-state index in [1.165, 1.54) is 0 Å². The summed E-state index contributed by atoms with van der Waals surface area (Å²) >= 11 is 6.09. The van der Waals surface area contributed by atoms with E-state index in [0.717, 1.165) is 12.0 Å². The van der Waals surface area contributed by atoms with Crippen LogP contribution in [0.3, 0.4) is 0 Å². The van der Waals surface area contributed by atoms with E-state index < -0.39 is 0 Å². The molecule has 1 rings (SSSR count). The molecule has 2 N–H and O–H groups in total. The molecule has 0 radical (unpaired) electrons. The minimum absolute atomic E-state index is 0.119. The Balaban J connectivity index is 2.54. The predicted molar refractivity (Wildman–Crippen MR) is 69.1 cm³/mol. The third-order valence-corrected chi connectivity index (χ3v) is 2.54. The first kappa shape index (κ1) is 13.8. The third-order valence-electron chi connectivity index (χ3n) is 2.24. The zero-order valence-corrected chi connectivity index (χ0v) is 10.7. The van der Waals surface area contributed by atoms with Crippen molar-refractivity contribution in [1.29, 1.82) is 5.26 Å². The Bertz CT molecular complexity index is 399. The first-order valence-electron chi connectivity index (χ1n) is 5.67. The average molecular weight is 253 g/mol. The highest BCUT2D eigenvalue weighted by molar-refractivity contribution is 6.32. The number of nitrogens with zero attached hydrogens (tertiary/aromatic N) is 1. The zero-order valence-electron chi connectivity index (χ0n) is 9.95. The fourth-order valence-corrected chi connectivity index (χ4v) is 1.75. The van der Waals surface area contributed by atoms with Crippen LogP contribution < -0.4 is 10.5 Å². The van der Waals surface area contributed by atoms with E-state index in [1.807, 2.05) is 25.1 Å². The molecule has 4 heteroatoms. The van der Waals surface area contributed by atoms with Crippen LogP contribution in [0.1, 0.15) is 25.3 Å². The number of hydrogen-bond acceptors (Lipinski definition) is 3. The summed E-state index contributed by atoms with van der Waals surface area (Å²) in [6, 6.07) is 7.89. The second-order valence-corrected chi connectivity index (χ2v) is 4.46. The molecule has 92 valence electrons. The van der Waals surface area contributed by atoms with Crippen LogP contribution in [0, 0.1) is 11.3 Å². The fourth-order valence-electron chi connectivity index (χ4n) is 1.49. The first-order valence-corrected chi connectivity index (χ1v) is 6.05.